The van der Waals surface area contributed by atoms with E-state index < -0.39 is 0 Å². The molecule has 112 valence electrons. The number of piperidine rings is 1. The number of nitrogens with zero attached hydrogens (tertiary/aromatic N) is 1. The number of nitrogens with one attached hydrogen (secondary N) is 2. The molecule has 0 amide bonds. The van der Waals surface area contributed by atoms with Crippen LogP contribution in [-0.4, -0.2) is 63.4 Å². The third-order valence-corrected chi connectivity index (χ3v) is 4.52. The molecule has 2 fully saturated rings. The first-order chi connectivity index (χ1) is 9.24. The van der Waals surface area contributed by atoms with Gasteiger partial charge >= 0.3 is 0 Å². The average Bonchev–Trinajstić information content (AvgIpc) is 2.42. The van der Waals surface area contributed by atoms with Crippen molar-refractivity contribution in [2.75, 3.05) is 46.4 Å². The summed E-state index contributed by atoms with van der Waals surface area (Å²) in [4.78, 5) is 2.45. The Kier molecular flexibility index (Phi) is 6.57. The van der Waals surface area contributed by atoms with Gasteiger partial charge in [0.2, 0.25) is 0 Å². The van der Waals surface area contributed by atoms with Crippen molar-refractivity contribution >= 4 is 0 Å². The highest BCUT2D eigenvalue weighted by Crippen LogP contribution is 2.18. The van der Waals surface area contributed by atoms with Crippen molar-refractivity contribution in [1.29, 1.82) is 0 Å². The Hall–Kier alpha value is -0.160. The molecule has 2 aliphatic rings. The number of hydrogen-bond donors (Lipinski definition) is 2. The fourth-order valence-electron chi connectivity index (χ4n) is 3.17. The van der Waals surface area contributed by atoms with Crippen LogP contribution in [0.4, 0.5) is 0 Å². The van der Waals surface area contributed by atoms with Gasteiger partial charge in [-0.2, -0.15) is 0 Å². The van der Waals surface area contributed by atoms with Gasteiger partial charge < -0.3 is 20.3 Å². The van der Waals surface area contributed by atoms with E-state index >= 15 is 0 Å². The SMILES string of the molecule is CC(CC1COCCN1)NCCC1CCN(C)CC1. The van der Waals surface area contributed by atoms with Gasteiger partial charge in [0.1, 0.15) is 0 Å². The summed E-state index contributed by atoms with van der Waals surface area (Å²) in [5.41, 5.74) is 0. The molecule has 2 atom stereocenters. The van der Waals surface area contributed by atoms with Crippen LogP contribution in [0.1, 0.15) is 32.6 Å². The molecule has 0 aromatic heterocycles. The molecule has 4 heteroatoms. The molecule has 2 unspecified atom stereocenters. The zero-order valence-electron chi connectivity index (χ0n) is 12.7. The van der Waals surface area contributed by atoms with E-state index in [1.54, 1.807) is 0 Å². The standard InChI is InChI=1S/C15H31N3O/c1-13(11-15-12-19-10-7-17-15)16-6-3-14-4-8-18(2)9-5-14/h13-17H,3-12H2,1-2H3. The van der Waals surface area contributed by atoms with Crippen LogP contribution in [0, 0.1) is 5.92 Å². The molecular formula is C15H31N3O. The lowest BCUT2D eigenvalue weighted by atomic mass is 9.94. The first kappa shape index (κ1) is 15.2. The Morgan fingerprint density at radius 3 is 2.84 bits per heavy atom. The molecule has 0 spiro atoms. The molecule has 2 heterocycles. The van der Waals surface area contributed by atoms with E-state index in [9.17, 15) is 0 Å². The molecule has 0 aromatic carbocycles. The lowest BCUT2D eigenvalue weighted by Crippen LogP contribution is -2.45. The largest absolute Gasteiger partial charge is 0.379 e. The molecule has 19 heavy (non-hydrogen) atoms. The summed E-state index contributed by atoms with van der Waals surface area (Å²) in [6.07, 6.45) is 5.27. The van der Waals surface area contributed by atoms with Gasteiger partial charge in [-0.15, -0.1) is 0 Å². The maximum Gasteiger partial charge on any atom is 0.0620 e. The lowest BCUT2D eigenvalue weighted by molar-refractivity contribution is 0.0711. The van der Waals surface area contributed by atoms with Crippen LogP contribution < -0.4 is 10.6 Å². The van der Waals surface area contributed by atoms with Crippen molar-refractivity contribution < 1.29 is 4.74 Å². The molecule has 0 radical (unpaired) electrons. The molecule has 2 aliphatic heterocycles. The molecule has 2 saturated heterocycles. The van der Waals surface area contributed by atoms with E-state index in [1.807, 2.05) is 0 Å². The minimum Gasteiger partial charge on any atom is -0.379 e. The summed E-state index contributed by atoms with van der Waals surface area (Å²) >= 11 is 0. The van der Waals surface area contributed by atoms with Gasteiger partial charge in [0.25, 0.3) is 0 Å². The molecule has 2 rings (SSSR count). The van der Waals surface area contributed by atoms with E-state index in [4.69, 9.17) is 4.74 Å². The van der Waals surface area contributed by atoms with E-state index in [1.165, 1.54) is 45.3 Å². The predicted octanol–water partition coefficient (Wildman–Crippen LogP) is 1.07. The molecule has 2 N–H and O–H groups in total. The second kappa shape index (κ2) is 8.20. The fourth-order valence-corrected chi connectivity index (χ4v) is 3.17. The van der Waals surface area contributed by atoms with E-state index in [2.05, 4.69) is 29.5 Å². The molecule has 0 aromatic rings. The van der Waals surface area contributed by atoms with Crippen LogP contribution >= 0.6 is 0 Å². The second-order valence-electron chi connectivity index (χ2n) is 6.35. The zero-order valence-corrected chi connectivity index (χ0v) is 12.7. The van der Waals surface area contributed by atoms with Crippen LogP contribution in [0.25, 0.3) is 0 Å². The first-order valence-corrected chi connectivity index (χ1v) is 7.97. The minimum absolute atomic E-state index is 0.541. The Morgan fingerprint density at radius 2 is 2.16 bits per heavy atom. The number of likely N-dealkylation sites (tertiary alicyclic amines) is 1. The zero-order chi connectivity index (χ0) is 13.5. The summed E-state index contributed by atoms with van der Waals surface area (Å²) in [5.74, 6) is 0.937. The monoisotopic (exact) mass is 269 g/mol. The summed E-state index contributed by atoms with van der Waals surface area (Å²) < 4.78 is 5.50. The average molecular weight is 269 g/mol. The van der Waals surface area contributed by atoms with Crippen molar-refractivity contribution in [3.05, 3.63) is 0 Å². The van der Waals surface area contributed by atoms with Gasteiger partial charge in [0.15, 0.2) is 0 Å². The number of ether oxygens (including phenoxy) is 1. The Balaban J connectivity index is 1.52. The molecular weight excluding hydrogens is 238 g/mol. The Morgan fingerprint density at radius 1 is 1.37 bits per heavy atom. The summed E-state index contributed by atoms with van der Waals surface area (Å²) in [6.45, 7) is 8.78. The fraction of sp³-hybridized carbons (Fsp3) is 1.00. The van der Waals surface area contributed by atoms with E-state index in [0.717, 1.165) is 25.7 Å². The second-order valence-corrected chi connectivity index (χ2v) is 6.35. The van der Waals surface area contributed by atoms with Gasteiger partial charge in [0, 0.05) is 18.6 Å². The molecule has 0 bridgehead atoms. The molecule has 0 saturated carbocycles. The molecule has 0 aliphatic carbocycles. The maximum atomic E-state index is 5.50. The third-order valence-electron chi connectivity index (χ3n) is 4.52. The van der Waals surface area contributed by atoms with E-state index in [-0.39, 0.29) is 0 Å². The number of rotatable bonds is 6. The van der Waals surface area contributed by atoms with Crippen LogP contribution in [0.2, 0.25) is 0 Å². The van der Waals surface area contributed by atoms with Crippen molar-refractivity contribution in [2.45, 2.75) is 44.7 Å². The van der Waals surface area contributed by atoms with E-state index in [0.29, 0.717) is 12.1 Å². The Bertz CT molecular complexity index is 236. The highest BCUT2D eigenvalue weighted by molar-refractivity contribution is 4.77. The van der Waals surface area contributed by atoms with Crippen molar-refractivity contribution in [3.8, 4) is 0 Å². The highest BCUT2D eigenvalue weighted by Gasteiger charge is 2.18. The van der Waals surface area contributed by atoms with Crippen LogP contribution in [0.3, 0.4) is 0 Å². The lowest BCUT2D eigenvalue weighted by Gasteiger charge is -2.30. The van der Waals surface area contributed by atoms with Gasteiger partial charge in [-0.05, 0) is 65.2 Å². The topological polar surface area (TPSA) is 36.5 Å². The quantitative estimate of drug-likeness (QED) is 0.756. The molecule has 4 nitrogen and oxygen atoms in total. The van der Waals surface area contributed by atoms with Crippen molar-refractivity contribution in [1.82, 2.24) is 15.5 Å². The number of morpholine rings is 1. The van der Waals surface area contributed by atoms with Gasteiger partial charge in [-0.3, -0.25) is 0 Å². The smallest absolute Gasteiger partial charge is 0.0620 e. The third kappa shape index (κ3) is 5.78. The normalized spacial score (nSPS) is 28.4. The van der Waals surface area contributed by atoms with Crippen molar-refractivity contribution in [2.24, 2.45) is 5.92 Å². The minimum atomic E-state index is 0.541. The Labute approximate surface area is 118 Å². The van der Waals surface area contributed by atoms with Crippen LogP contribution in [-0.2, 0) is 4.74 Å². The number of hydrogen-bond acceptors (Lipinski definition) is 4. The van der Waals surface area contributed by atoms with Crippen LogP contribution in [0.15, 0.2) is 0 Å². The van der Waals surface area contributed by atoms with Crippen molar-refractivity contribution in [3.63, 3.8) is 0 Å². The van der Waals surface area contributed by atoms with Gasteiger partial charge in [-0.25, -0.2) is 0 Å². The highest BCUT2D eigenvalue weighted by atomic mass is 16.5. The summed E-state index contributed by atoms with van der Waals surface area (Å²) in [6, 6.07) is 1.13. The maximum absolute atomic E-state index is 5.50. The predicted molar refractivity (Wildman–Crippen MR) is 79.5 cm³/mol. The van der Waals surface area contributed by atoms with Gasteiger partial charge in [-0.1, -0.05) is 0 Å². The first-order valence-electron chi connectivity index (χ1n) is 7.97. The van der Waals surface area contributed by atoms with Crippen LogP contribution in [0.5, 0.6) is 0 Å². The summed E-state index contributed by atoms with van der Waals surface area (Å²) in [5, 5.41) is 7.20. The van der Waals surface area contributed by atoms with Gasteiger partial charge in [0.05, 0.1) is 13.2 Å². The summed E-state index contributed by atoms with van der Waals surface area (Å²) in [7, 11) is 2.23.